The maximum absolute atomic E-state index is 15.0. The van der Waals surface area contributed by atoms with Crippen LogP contribution in [0.5, 0.6) is 17.2 Å². The third kappa shape index (κ3) is 14.2. The molecule has 28 nitrogen and oxygen atoms in total. The lowest BCUT2D eigenvalue weighted by Gasteiger charge is -2.35. The fraction of sp³-hybridized carbons (Fsp3) is 0.275. The molecule has 0 aliphatic carbocycles. The minimum atomic E-state index is -0.726. The molecule has 31 heteroatoms. The number of carbonyl (C=O) groups is 5. The molecule has 3 aliphatic rings. The van der Waals surface area contributed by atoms with Crippen LogP contribution in [0.15, 0.2) is 144 Å². The molecular formula is C69H70F3N17O11. The molecule has 0 radical (unpaired) electrons. The van der Waals surface area contributed by atoms with Gasteiger partial charge in [0.05, 0.1) is 16.2 Å². The first-order chi connectivity index (χ1) is 47.9. The van der Waals surface area contributed by atoms with Gasteiger partial charge in [-0.3, -0.25) is 42.5 Å². The molecule has 9 heterocycles. The van der Waals surface area contributed by atoms with Gasteiger partial charge in [-0.1, -0.05) is 37.9 Å². The van der Waals surface area contributed by atoms with Crippen molar-refractivity contribution in [2.45, 2.75) is 20.8 Å². The minimum Gasteiger partial charge on any atom is -0.506 e. The summed E-state index contributed by atoms with van der Waals surface area (Å²) in [5.41, 5.74) is -0.690. The van der Waals surface area contributed by atoms with Crippen LogP contribution in [-0.4, -0.2) is 210 Å². The lowest BCUT2D eigenvalue weighted by Crippen LogP contribution is -2.48. The number of pyridine rings is 3. The predicted octanol–water partition coefficient (Wildman–Crippen LogP) is 6.01. The molecule has 3 aromatic carbocycles. The van der Waals surface area contributed by atoms with Crippen LogP contribution < -0.4 is 40.9 Å². The number of aryl methyl sites for hydroxylation is 3. The first-order valence-corrected chi connectivity index (χ1v) is 31.3. The highest BCUT2D eigenvalue weighted by atomic mass is 19.1. The highest BCUT2D eigenvalue weighted by molar-refractivity contribution is 5.93. The monoisotopic (exact) mass is 1370 g/mol. The van der Waals surface area contributed by atoms with Crippen molar-refractivity contribution in [1.82, 2.24) is 68.1 Å². The zero-order valence-corrected chi connectivity index (χ0v) is 55.8. The van der Waals surface area contributed by atoms with Crippen LogP contribution in [-0.2, 0) is 14.4 Å². The number of aromatic hydroxyl groups is 1. The van der Waals surface area contributed by atoms with Crippen LogP contribution in [0.25, 0.3) is 49.8 Å². The number of aromatic nitrogens is 9. The number of phenols is 1. The Balaban J connectivity index is 0.000000163. The van der Waals surface area contributed by atoms with Crippen LogP contribution in [0.4, 0.5) is 40.2 Å². The number of phenolic OH excluding ortho intramolecular Hbond substituents is 1. The molecule has 3 saturated heterocycles. The lowest BCUT2D eigenvalue weighted by molar-refractivity contribution is -0.127. The molecule has 0 atom stereocenters. The van der Waals surface area contributed by atoms with E-state index in [2.05, 4.69) is 49.6 Å². The number of fused-ring (bicyclic) bond motifs is 3. The van der Waals surface area contributed by atoms with E-state index in [1.54, 1.807) is 53.7 Å². The molecule has 1 N–H and O–H groups in total. The van der Waals surface area contributed by atoms with Gasteiger partial charge in [0.25, 0.3) is 16.7 Å². The molecule has 100 heavy (non-hydrogen) atoms. The summed E-state index contributed by atoms with van der Waals surface area (Å²) in [7, 11) is 6.00. The summed E-state index contributed by atoms with van der Waals surface area (Å²) in [6.45, 7) is 21.7. The highest BCUT2D eigenvalue weighted by Crippen LogP contribution is 2.33. The third-order valence-corrected chi connectivity index (χ3v) is 16.8. The molecule has 0 spiro atoms. The van der Waals surface area contributed by atoms with E-state index in [0.29, 0.717) is 129 Å². The molecule has 0 unspecified atom stereocenters. The summed E-state index contributed by atoms with van der Waals surface area (Å²) in [6.07, 6.45) is 6.32. The Morgan fingerprint density at radius 1 is 0.440 bits per heavy atom. The standard InChI is InChI=1S/2C24H25FN6O4.C21H20FN5O3/c2*1-5-19(32)29-9-11-30(12-10-29)22-16-13-15(2)31(23(33)20(16)26-14-27-22)21-17(25)7-6-8-18(21)35-24(34)28(3)4;1-3-17(29)25-7-9-26(10-8-25)20-14-11-13(2)27(21(30)18(14)23-12-24-20)19-15(22)5-4-6-16(19)28/h2*5-8,13-14H,1,9-12H2,2-4H3;3-6,11-12,28H,1,7-10H2,2H3. The van der Waals surface area contributed by atoms with Gasteiger partial charge in [0, 0.05) is 124 Å². The van der Waals surface area contributed by atoms with E-state index in [0.717, 1.165) is 13.7 Å². The van der Waals surface area contributed by atoms with Crippen molar-refractivity contribution in [3.63, 3.8) is 0 Å². The van der Waals surface area contributed by atoms with Gasteiger partial charge >= 0.3 is 12.2 Å². The summed E-state index contributed by atoms with van der Waals surface area (Å²) in [6, 6.07) is 17.0. The second kappa shape index (κ2) is 30.0. The number of nitrogens with zero attached hydrogens (tertiary/aromatic N) is 17. The van der Waals surface area contributed by atoms with Crippen molar-refractivity contribution in [3.05, 3.63) is 195 Å². The zero-order valence-electron chi connectivity index (χ0n) is 55.8. The van der Waals surface area contributed by atoms with E-state index < -0.39 is 46.3 Å². The second-order valence-electron chi connectivity index (χ2n) is 23.5. The van der Waals surface area contributed by atoms with Gasteiger partial charge in [0.1, 0.15) is 75.8 Å². The van der Waals surface area contributed by atoms with Gasteiger partial charge in [-0.2, -0.15) is 0 Å². The first kappa shape index (κ1) is 70.5. The SMILES string of the molecule is C=CC(=O)N1CCN(c2ncnc3c(=O)n(-c4c(F)cccc4OC(=O)N(C)C)c(C)cc23)CC1.C=CC(=O)N1CCN(c2ncnc3c(=O)n(-c4c(F)cccc4OC(=O)N(C)C)c(C)cc23)CC1.C=CC(=O)N1CCN(c2ncnc3c(=O)n(-c4c(O)cccc4F)c(C)cc23)CC1. The Kier molecular flexibility index (Phi) is 21.1. The number of carbonyl (C=O) groups excluding carboxylic acids is 5. The van der Waals surface area contributed by atoms with E-state index in [4.69, 9.17) is 9.47 Å². The van der Waals surface area contributed by atoms with Crippen molar-refractivity contribution >= 4 is 80.1 Å². The predicted molar refractivity (Wildman–Crippen MR) is 368 cm³/mol. The Bertz CT molecular complexity index is 4710. The van der Waals surface area contributed by atoms with E-state index in [1.807, 2.05) is 14.7 Å². The van der Waals surface area contributed by atoms with E-state index in [-0.39, 0.29) is 68.6 Å². The molecule has 3 aliphatic heterocycles. The van der Waals surface area contributed by atoms with Gasteiger partial charge in [0.2, 0.25) is 17.7 Å². The second-order valence-corrected chi connectivity index (χ2v) is 23.5. The van der Waals surface area contributed by atoms with Crippen molar-refractivity contribution < 1.29 is 51.7 Å². The molecule has 0 saturated carbocycles. The molecule has 518 valence electrons. The highest BCUT2D eigenvalue weighted by Gasteiger charge is 2.30. The van der Waals surface area contributed by atoms with Gasteiger partial charge in [-0.15, -0.1) is 0 Å². The Labute approximate surface area is 569 Å². The summed E-state index contributed by atoms with van der Waals surface area (Å²) < 4.78 is 58.5. The number of anilines is 3. The van der Waals surface area contributed by atoms with Crippen molar-refractivity contribution in [2.75, 3.05) is 121 Å². The van der Waals surface area contributed by atoms with E-state index in [9.17, 15) is 47.9 Å². The lowest BCUT2D eigenvalue weighted by atomic mass is 10.2. The number of hydrogen-bond donors (Lipinski definition) is 1. The number of rotatable bonds is 11. The zero-order chi connectivity index (χ0) is 72.0. The average molecular weight is 1370 g/mol. The summed E-state index contributed by atoms with van der Waals surface area (Å²) in [4.78, 5) is 139. The number of para-hydroxylation sites is 3. The maximum atomic E-state index is 15.0. The Morgan fingerprint density at radius 2 is 0.720 bits per heavy atom. The topological polar surface area (TPSA) is 293 Å². The number of amides is 5. The fourth-order valence-corrected chi connectivity index (χ4v) is 11.8. The molecule has 12 rings (SSSR count). The quantitative estimate of drug-likeness (QED) is 0.145. The summed E-state index contributed by atoms with van der Waals surface area (Å²) >= 11 is 0. The smallest absolute Gasteiger partial charge is 0.414 e. The van der Waals surface area contributed by atoms with Crippen LogP contribution in [0.3, 0.4) is 0 Å². The first-order valence-electron chi connectivity index (χ1n) is 31.3. The summed E-state index contributed by atoms with van der Waals surface area (Å²) in [5, 5.41) is 11.7. The Hall–Kier alpha value is -12.3. The third-order valence-electron chi connectivity index (χ3n) is 16.8. The Morgan fingerprint density at radius 3 is 1.00 bits per heavy atom. The van der Waals surface area contributed by atoms with Gasteiger partial charge in [0.15, 0.2) is 29.0 Å². The molecule has 0 bridgehead atoms. The van der Waals surface area contributed by atoms with Gasteiger partial charge in [-0.05, 0) is 93.6 Å². The van der Waals surface area contributed by atoms with Crippen molar-refractivity contribution in [3.8, 4) is 34.3 Å². The largest absolute Gasteiger partial charge is 0.506 e. The molecule has 3 fully saturated rings. The molecule has 6 aromatic heterocycles. The van der Waals surface area contributed by atoms with Crippen LogP contribution >= 0.6 is 0 Å². The number of ether oxygens (including phenoxy) is 2. The van der Waals surface area contributed by atoms with Crippen molar-refractivity contribution in [1.29, 1.82) is 0 Å². The maximum Gasteiger partial charge on any atom is 0.414 e. The van der Waals surface area contributed by atoms with Crippen LogP contribution in [0, 0.1) is 38.2 Å². The molecular weight excluding hydrogens is 1300 g/mol. The minimum absolute atomic E-state index is 0.0921. The van der Waals surface area contributed by atoms with E-state index in [1.165, 1.54) is 130 Å². The molecule has 9 aromatic rings. The van der Waals surface area contributed by atoms with Crippen LogP contribution in [0.1, 0.15) is 17.1 Å². The number of hydrogen-bond acceptors (Lipinski definition) is 20. The normalized spacial score (nSPS) is 13.8. The number of halogens is 3. The van der Waals surface area contributed by atoms with Gasteiger partial charge < -0.3 is 53.8 Å². The number of piperazine rings is 3. The number of benzene rings is 3. The average Bonchev–Trinajstić information content (AvgIpc) is 0.765. The summed E-state index contributed by atoms with van der Waals surface area (Å²) in [5.74, 6) is -1.38. The molecule has 5 amide bonds. The van der Waals surface area contributed by atoms with Gasteiger partial charge in [-0.25, -0.2) is 52.7 Å². The fourth-order valence-electron chi connectivity index (χ4n) is 11.8. The van der Waals surface area contributed by atoms with E-state index >= 15 is 8.78 Å². The van der Waals surface area contributed by atoms with Crippen LogP contribution in [0.2, 0.25) is 0 Å². The van der Waals surface area contributed by atoms with Crippen molar-refractivity contribution in [2.24, 2.45) is 0 Å².